The van der Waals surface area contributed by atoms with Crippen molar-refractivity contribution in [2.75, 3.05) is 14.1 Å². The van der Waals surface area contributed by atoms with Gasteiger partial charge in [-0.3, -0.25) is 4.79 Å². The Bertz CT molecular complexity index is 336. The van der Waals surface area contributed by atoms with E-state index >= 15 is 0 Å². The number of hydrogen-bond donors (Lipinski definition) is 1. The summed E-state index contributed by atoms with van der Waals surface area (Å²) in [6.45, 7) is 0. The molecule has 0 fully saturated rings. The molecule has 0 aliphatic heterocycles. The Morgan fingerprint density at radius 3 is 2.62 bits per heavy atom. The molecule has 0 atom stereocenters. The molecule has 1 amide bonds. The van der Waals surface area contributed by atoms with E-state index in [4.69, 9.17) is 0 Å². The van der Waals surface area contributed by atoms with E-state index in [2.05, 4.69) is 15.9 Å². The van der Waals surface area contributed by atoms with Crippen LogP contribution >= 0.6 is 15.9 Å². The van der Waals surface area contributed by atoms with Gasteiger partial charge in [-0.15, -0.1) is 0 Å². The van der Waals surface area contributed by atoms with Gasteiger partial charge in [0.25, 0.3) is 5.91 Å². The third-order valence-corrected chi connectivity index (χ3v) is 2.28. The second kappa shape index (κ2) is 3.79. The molecule has 0 saturated carbocycles. The van der Waals surface area contributed by atoms with E-state index in [-0.39, 0.29) is 11.7 Å². The predicted molar refractivity (Wildman–Crippen MR) is 53.8 cm³/mol. The summed E-state index contributed by atoms with van der Waals surface area (Å²) >= 11 is 3.24. The molecular formula is C9H10BrNO2. The Hall–Kier alpha value is -1.03. The van der Waals surface area contributed by atoms with Crippen LogP contribution in [-0.4, -0.2) is 30.0 Å². The standard InChI is InChI=1S/C9H10BrNO2/c1-11(2)9(13)7-5-6(12)3-4-8(7)10/h3-5,12H,1-2H3. The Morgan fingerprint density at radius 1 is 1.46 bits per heavy atom. The van der Waals surface area contributed by atoms with Crippen LogP contribution in [0.1, 0.15) is 10.4 Å². The van der Waals surface area contributed by atoms with Gasteiger partial charge in [-0.05, 0) is 34.1 Å². The number of nitrogens with zero attached hydrogens (tertiary/aromatic N) is 1. The van der Waals surface area contributed by atoms with E-state index in [1.54, 1.807) is 20.2 Å². The number of benzene rings is 1. The highest BCUT2D eigenvalue weighted by Crippen LogP contribution is 2.22. The lowest BCUT2D eigenvalue weighted by Gasteiger charge is -2.11. The summed E-state index contributed by atoms with van der Waals surface area (Å²) in [5, 5.41) is 9.18. The zero-order valence-corrected chi connectivity index (χ0v) is 9.00. The third-order valence-electron chi connectivity index (χ3n) is 1.59. The van der Waals surface area contributed by atoms with Crippen LogP contribution in [0.5, 0.6) is 5.75 Å². The van der Waals surface area contributed by atoms with Crippen molar-refractivity contribution in [2.24, 2.45) is 0 Å². The van der Waals surface area contributed by atoms with Crippen LogP contribution in [0.4, 0.5) is 0 Å². The van der Waals surface area contributed by atoms with Gasteiger partial charge >= 0.3 is 0 Å². The van der Waals surface area contributed by atoms with Crippen LogP contribution in [0.2, 0.25) is 0 Å². The smallest absolute Gasteiger partial charge is 0.254 e. The number of phenolic OH excluding ortho intramolecular Hbond substituents is 1. The topological polar surface area (TPSA) is 40.5 Å². The van der Waals surface area contributed by atoms with E-state index in [1.807, 2.05) is 0 Å². The Kier molecular flexibility index (Phi) is 2.93. The normalized spacial score (nSPS) is 9.77. The maximum atomic E-state index is 11.5. The Labute approximate surface area is 85.1 Å². The minimum atomic E-state index is -0.136. The zero-order chi connectivity index (χ0) is 10.0. The first-order chi connectivity index (χ1) is 6.02. The summed E-state index contributed by atoms with van der Waals surface area (Å²) in [5.74, 6) is -0.0452. The van der Waals surface area contributed by atoms with E-state index in [0.717, 1.165) is 0 Å². The summed E-state index contributed by atoms with van der Waals surface area (Å²) in [4.78, 5) is 13.0. The molecule has 0 heterocycles. The molecular weight excluding hydrogens is 234 g/mol. The first-order valence-electron chi connectivity index (χ1n) is 3.72. The molecule has 1 rings (SSSR count). The molecule has 0 aliphatic carbocycles. The average Bonchev–Trinajstić information content (AvgIpc) is 2.08. The van der Waals surface area contributed by atoms with Crippen molar-refractivity contribution in [3.05, 3.63) is 28.2 Å². The lowest BCUT2D eigenvalue weighted by atomic mass is 10.2. The molecule has 0 aliphatic rings. The quantitative estimate of drug-likeness (QED) is 0.819. The number of phenols is 1. The molecule has 0 radical (unpaired) electrons. The van der Waals surface area contributed by atoms with Gasteiger partial charge in [-0.1, -0.05) is 0 Å². The molecule has 3 nitrogen and oxygen atoms in total. The van der Waals surface area contributed by atoms with E-state index in [0.29, 0.717) is 10.0 Å². The maximum absolute atomic E-state index is 11.5. The van der Waals surface area contributed by atoms with E-state index in [1.165, 1.54) is 17.0 Å². The van der Waals surface area contributed by atoms with Crippen LogP contribution < -0.4 is 0 Å². The predicted octanol–water partition coefficient (Wildman–Crippen LogP) is 1.86. The van der Waals surface area contributed by atoms with E-state index in [9.17, 15) is 9.90 Å². The molecule has 0 spiro atoms. The van der Waals surface area contributed by atoms with Gasteiger partial charge in [0.15, 0.2) is 0 Å². The molecule has 1 aromatic carbocycles. The third kappa shape index (κ3) is 2.21. The van der Waals surface area contributed by atoms with Gasteiger partial charge in [-0.2, -0.15) is 0 Å². The lowest BCUT2D eigenvalue weighted by molar-refractivity contribution is 0.0826. The Balaban J connectivity index is 3.13. The molecule has 1 aromatic rings. The fourth-order valence-electron chi connectivity index (χ4n) is 0.918. The average molecular weight is 244 g/mol. The highest BCUT2D eigenvalue weighted by Gasteiger charge is 2.12. The van der Waals surface area contributed by atoms with Crippen LogP contribution in [0.3, 0.4) is 0 Å². The summed E-state index contributed by atoms with van der Waals surface area (Å²) in [6, 6.07) is 4.61. The fourth-order valence-corrected chi connectivity index (χ4v) is 1.33. The molecule has 0 saturated heterocycles. The van der Waals surface area contributed by atoms with Crippen LogP contribution in [0, 0.1) is 0 Å². The van der Waals surface area contributed by atoms with Crippen LogP contribution in [-0.2, 0) is 0 Å². The van der Waals surface area contributed by atoms with Crippen molar-refractivity contribution < 1.29 is 9.90 Å². The summed E-state index contributed by atoms with van der Waals surface area (Å²) in [7, 11) is 3.33. The van der Waals surface area contributed by atoms with Gasteiger partial charge in [0, 0.05) is 18.6 Å². The van der Waals surface area contributed by atoms with Gasteiger partial charge in [0.1, 0.15) is 5.75 Å². The second-order valence-corrected chi connectivity index (χ2v) is 3.72. The van der Waals surface area contributed by atoms with Gasteiger partial charge in [0.2, 0.25) is 0 Å². The number of halogens is 1. The van der Waals surface area contributed by atoms with Crippen molar-refractivity contribution in [1.82, 2.24) is 4.90 Å². The highest BCUT2D eigenvalue weighted by molar-refractivity contribution is 9.10. The first kappa shape index (κ1) is 10.1. The summed E-state index contributed by atoms with van der Waals surface area (Å²) in [5.41, 5.74) is 0.463. The number of hydrogen-bond acceptors (Lipinski definition) is 2. The minimum Gasteiger partial charge on any atom is -0.508 e. The van der Waals surface area contributed by atoms with E-state index < -0.39 is 0 Å². The van der Waals surface area contributed by atoms with Crippen LogP contribution in [0.25, 0.3) is 0 Å². The van der Waals surface area contributed by atoms with Crippen molar-refractivity contribution in [1.29, 1.82) is 0 Å². The first-order valence-corrected chi connectivity index (χ1v) is 4.52. The van der Waals surface area contributed by atoms with Crippen molar-refractivity contribution in [3.63, 3.8) is 0 Å². The van der Waals surface area contributed by atoms with Gasteiger partial charge in [-0.25, -0.2) is 0 Å². The fraction of sp³-hybridized carbons (Fsp3) is 0.222. The maximum Gasteiger partial charge on any atom is 0.254 e. The number of carbonyl (C=O) groups is 1. The zero-order valence-electron chi connectivity index (χ0n) is 7.41. The number of carbonyl (C=O) groups excluding carboxylic acids is 1. The van der Waals surface area contributed by atoms with Gasteiger partial charge in [0.05, 0.1) is 5.56 Å². The number of rotatable bonds is 1. The molecule has 0 bridgehead atoms. The highest BCUT2D eigenvalue weighted by atomic mass is 79.9. The minimum absolute atomic E-state index is 0.0911. The van der Waals surface area contributed by atoms with Crippen molar-refractivity contribution in [2.45, 2.75) is 0 Å². The molecule has 1 N–H and O–H groups in total. The SMILES string of the molecule is CN(C)C(=O)c1cc(O)ccc1Br. The second-order valence-electron chi connectivity index (χ2n) is 2.86. The monoisotopic (exact) mass is 243 g/mol. The Morgan fingerprint density at radius 2 is 2.08 bits per heavy atom. The lowest BCUT2D eigenvalue weighted by Crippen LogP contribution is -2.21. The number of amides is 1. The van der Waals surface area contributed by atoms with Crippen molar-refractivity contribution >= 4 is 21.8 Å². The van der Waals surface area contributed by atoms with Crippen LogP contribution in [0.15, 0.2) is 22.7 Å². The number of aromatic hydroxyl groups is 1. The molecule has 0 unspecified atom stereocenters. The van der Waals surface area contributed by atoms with Crippen molar-refractivity contribution in [3.8, 4) is 5.75 Å². The molecule has 13 heavy (non-hydrogen) atoms. The molecule has 0 aromatic heterocycles. The van der Waals surface area contributed by atoms with Gasteiger partial charge < -0.3 is 10.0 Å². The summed E-state index contributed by atoms with van der Waals surface area (Å²) < 4.78 is 0.684. The largest absolute Gasteiger partial charge is 0.508 e. The summed E-state index contributed by atoms with van der Waals surface area (Å²) in [6.07, 6.45) is 0. The molecule has 70 valence electrons. The molecule has 4 heteroatoms.